The Morgan fingerprint density at radius 2 is 1.84 bits per heavy atom. The van der Waals surface area contributed by atoms with Crippen LogP contribution in [0.1, 0.15) is 40.0 Å². The van der Waals surface area contributed by atoms with Crippen LogP contribution in [0.3, 0.4) is 0 Å². The molecule has 1 aromatic carbocycles. The molecule has 0 fully saturated rings. The number of aromatic nitrogens is 1. The lowest BCUT2D eigenvalue weighted by Crippen LogP contribution is -2.30. The summed E-state index contributed by atoms with van der Waals surface area (Å²) >= 11 is 0. The van der Waals surface area contributed by atoms with Gasteiger partial charge in [0.15, 0.2) is 0 Å². The molecule has 2 N–H and O–H groups in total. The molecule has 1 atom stereocenters. The minimum atomic E-state index is 0.592. The molecule has 4 heteroatoms. The molecule has 2 rings (SSSR count). The number of nitrogens with zero attached hydrogens (tertiary/aromatic N) is 2. The first-order chi connectivity index (χ1) is 12.2. The second-order valence-electron chi connectivity index (χ2n) is 6.69. The lowest BCUT2D eigenvalue weighted by molar-refractivity contribution is 0.290. The lowest BCUT2D eigenvalue weighted by Gasteiger charge is -2.19. The topological polar surface area (TPSA) is 40.2 Å². The number of pyridine rings is 1. The van der Waals surface area contributed by atoms with Gasteiger partial charge in [0.25, 0.3) is 0 Å². The fraction of sp³-hybridized carbons (Fsp3) is 0.571. The van der Waals surface area contributed by atoms with Crippen molar-refractivity contribution in [2.75, 3.05) is 38.0 Å². The minimum absolute atomic E-state index is 0.592. The second-order valence-corrected chi connectivity index (χ2v) is 6.69. The third-order valence-electron chi connectivity index (χ3n) is 4.80. The summed E-state index contributed by atoms with van der Waals surface area (Å²) in [5.74, 6) is 0. The SMILES string of the molecule is CCN(CC)CCCC(C)NCCCNc1cccc2cccnc12. The number of hydrogen-bond donors (Lipinski definition) is 2. The van der Waals surface area contributed by atoms with E-state index in [4.69, 9.17) is 0 Å². The predicted molar refractivity (Wildman–Crippen MR) is 109 cm³/mol. The van der Waals surface area contributed by atoms with E-state index in [0.29, 0.717) is 6.04 Å². The fourth-order valence-corrected chi connectivity index (χ4v) is 3.17. The van der Waals surface area contributed by atoms with E-state index in [1.165, 1.54) is 24.8 Å². The third kappa shape index (κ3) is 6.63. The Bertz CT molecular complexity index is 604. The summed E-state index contributed by atoms with van der Waals surface area (Å²) in [6.45, 7) is 12.3. The Labute approximate surface area is 153 Å². The highest BCUT2D eigenvalue weighted by atomic mass is 15.1. The minimum Gasteiger partial charge on any atom is -0.383 e. The highest BCUT2D eigenvalue weighted by molar-refractivity contribution is 5.90. The van der Waals surface area contributed by atoms with E-state index in [1.54, 1.807) is 0 Å². The van der Waals surface area contributed by atoms with Crippen molar-refractivity contribution in [2.45, 2.75) is 46.1 Å². The van der Waals surface area contributed by atoms with Crippen molar-refractivity contribution in [3.05, 3.63) is 36.5 Å². The van der Waals surface area contributed by atoms with Crippen LogP contribution in [0, 0.1) is 0 Å². The van der Waals surface area contributed by atoms with E-state index in [9.17, 15) is 0 Å². The first kappa shape index (κ1) is 19.7. The lowest BCUT2D eigenvalue weighted by atomic mass is 10.1. The molecular weight excluding hydrogens is 308 g/mol. The highest BCUT2D eigenvalue weighted by Gasteiger charge is 2.04. The standard InChI is InChI=1S/C21H34N4/c1-4-25(5-2)17-8-10-18(3)22-15-9-16-23-20-13-6-11-19-12-7-14-24-21(19)20/h6-7,11-14,18,22-23H,4-5,8-10,15-17H2,1-3H3. The number of fused-ring (bicyclic) bond motifs is 1. The van der Waals surface area contributed by atoms with Crippen molar-refractivity contribution in [3.8, 4) is 0 Å². The monoisotopic (exact) mass is 342 g/mol. The third-order valence-corrected chi connectivity index (χ3v) is 4.80. The maximum Gasteiger partial charge on any atom is 0.0933 e. The molecule has 25 heavy (non-hydrogen) atoms. The fourth-order valence-electron chi connectivity index (χ4n) is 3.17. The van der Waals surface area contributed by atoms with Crippen LogP contribution in [0.2, 0.25) is 0 Å². The van der Waals surface area contributed by atoms with E-state index >= 15 is 0 Å². The smallest absolute Gasteiger partial charge is 0.0933 e. The van der Waals surface area contributed by atoms with Gasteiger partial charge in [0.05, 0.1) is 11.2 Å². The molecule has 0 spiro atoms. The van der Waals surface area contributed by atoms with Crippen molar-refractivity contribution in [3.63, 3.8) is 0 Å². The van der Waals surface area contributed by atoms with Crippen LogP contribution in [0.5, 0.6) is 0 Å². The van der Waals surface area contributed by atoms with Crippen LogP contribution >= 0.6 is 0 Å². The molecule has 2 aromatic rings. The van der Waals surface area contributed by atoms with Crippen molar-refractivity contribution in [2.24, 2.45) is 0 Å². The molecule has 0 aliphatic carbocycles. The van der Waals surface area contributed by atoms with Crippen molar-refractivity contribution >= 4 is 16.6 Å². The second kappa shape index (κ2) is 11.1. The molecule has 0 bridgehead atoms. The Morgan fingerprint density at radius 3 is 2.64 bits per heavy atom. The molecule has 0 amide bonds. The van der Waals surface area contributed by atoms with Gasteiger partial charge in [0.1, 0.15) is 0 Å². The summed E-state index contributed by atoms with van der Waals surface area (Å²) in [6, 6.07) is 11.0. The Hall–Kier alpha value is -1.65. The number of hydrogen-bond acceptors (Lipinski definition) is 4. The molecule has 1 unspecified atom stereocenters. The highest BCUT2D eigenvalue weighted by Crippen LogP contribution is 2.20. The zero-order valence-corrected chi connectivity index (χ0v) is 16.1. The summed E-state index contributed by atoms with van der Waals surface area (Å²) in [5, 5.41) is 8.35. The van der Waals surface area contributed by atoms with Crippen LogP contribution in [0.15, 0.2) is 36.5 Å². The summed E-state index contributed by atoms with van der Waals surface area (Å²) in [4.78, 5) is 6.98. The van der Waals surface area contributed by atoms with Gasteiger partial charge in [0.2, 0.25) is 0 Å². The normalized spacial score (nSPS) is 12.6. The molecular formula is C21H34N4. The van der Waals surface area contributed by atoms with E-state index in [-0.39, 0.29) is 0 Å². The van der Waals surface area contributed by atoms with Gasteiger partial charge in [-0.1, -0.05) is 32.0 Å². The molecule has 0 radical (unpaired) electrons. The van der Waals surface area contributed by atoms with Crippen molar-refractivity contribution in [1.82, 2.24) is 15.2 Å². The molecule has 1 aromatic heterocycles. The van der Waals surface area contributed by atoms with E-state index in [1.807, 2.05) is 12.3 Å². The van der Waals surface area contributed by atoms with Crippen molar-refractivity contribution in [1.29, 1.82) is 0 Å². The molecule has 0 aliphatic heterocycles. The van der Waals surface area contributed by atoms with Crippen LogP contribution in [-0.4, -0.2) is 48.6 Å². The van der Waals surface area contributed by atoms with Gasteiger partial charge in [-0.05, 0) is 64.5 Å². The average Bonchev–Trinajstić information content (AvgIpc) is 2.65. The van der Waals surface area contributed by atoms with Gasteiger partial charge in [-0.2, -0.15) is 0 Å². The number of anilines is 1. The van der Waals surface area contributed by atoms with Gasteiger partial charge in [-0.15, -0.1) is 0 Å². The van der Waals surface area contributed by atoms with Crippen LogP contribution < -0.4 is 10.6 Å². The average molecular weight is 343 g/mol. The van der Waals surface area contributed by atoms with E-state index in [2.05, 4.69) is 65.6 Å². The van der Waals surface area contributed by atoms with Crippen LogP contribution in [0.25, 0.3) is 10.9 Å². The van der Waals surface area contributed by atoms with Crippen LogP contribution in [-0.2, 0) is 0 Å². The molecule has 0 aliphatic rings. The molecule has 0 saturated heterocycles. The Kier molecular flexibility index (Phi) is 8.70. The number of rotatable bonds is 12. The molecule has 4 nitrogen and oxygen atoms in total. The zero-order chi connectivity index (χ0) is 17.9. The van der Waals surface area contributed by atoms with E-state index in [0.717, 1.165) is 43.8 Å². The van der Waals surface area contributed by atoms with Gasteiger partial charge in [0, 0.05) is 24.2 Å². The maximum atomic E-state index is 4.49. The van der Waals surface area contributed by atoms with Crippen molar-refractivity contribution < 1.29 is 0 Å². The summed E-state index contributed by atoms with van der Waals surface area (Å²) in [5.41, 5.74) is 2.19. The predicted octanol–water partition coefficient (Wildman–Crippen LogP) is 4.14. The molecule has 1 heterocycles. The Morgan fingerprint density at radius 1 is 1.04 bits per heavy atom. The maximum absolute atomic E-state index is 4.49. The number of benzene rings is 1. The Balaban J connectivity index is 1.61. The molecule has 138 valence electrons. The number of para-hydroxylation sites is 1. The van der Waals surface area contributed by atoms with Gasteiger partial charge in [-0.3, -0.25) is 4.98 Å². The summed E-state index contributed by atoms with van der Waals surface area (Å²) < 4.78 is 0. The first-order valence-electron chi connectivity index (χ1n) is 9.78. The largest absolute Gasteiger partial charge is 0.383 e. The first-order valence-corrected chi connectivity index (χ1v) is 9.78. The van der Waals surface area contributed by atoms with Gasteiger partial charge in [-0.25, -0.2) is 0 Å². The quantitative estimate of drug-likeness (QED) is 0.569. The van der Waals surface area contributed by atoms with Gasteiger partial charge < -0.3 is 15.5 Å². The van der Waals surface area contributed by atoms with E-state index < -0.39 is 0 Å². The number of nitrogens with one attached hydrogen (secondary N) is 2. The zero-order valence-electron chi connectivity index (χ0n) is 16.1. The molecule has 0 saturated carbocycles. The van der Waals surface area contributed by atoms with Crippen LogP contribution in [0.4, 0.5) is 5.69 Å². The van der Waals surface area contributed by atoms with Gasteiger partial charge >= 0.3 is 0 Å². The summed E-state index contributed by atoms with van der Waals surface area (Å²) in [7, 11) is 0. The summed E-state index contributed by atoms with van der Waals surface area (Å²) in [6.07, 6.45) is 5.49.